The highest BCUT2D eigenvalue weighted by atomic mass is 16.5. The van der Waals surface area contributed by atoms with Gasteiger partial charge in [-0.05, 0) is 25.1 Å². The van der Waals surface area contributed by atoms with Crippen LogP contribution in [0.2, 0.25) is 0 Å². The third-order valence-corrected chi connectivity index (χ3v) is 2.74. The lowest BCUT2D eigenvalue weighted by Gasteiger charge is -2.09. The van der Waals surface area contributed by atoms with Gasteiger partial charge in [-0.2, -0.15) is 0 Å². The second-order valence-electron chi connectivity index (χ2n) is 3.99. The molecule has 0 saturated carbocycles. The van der Waals surface area contributed by atoms with Gasteiger partial charge in [0.25, 0.3) is 0 Å². The SMILES string of the molecule is C=CC1=C(C=CC)C(C(=O)O)=Cc2ccccc2O1. The zero-order valence-corrected chi connectivity index (χ0v) is 10.6. The number of carbonyl (C=O) groups is 1. The van der Waals surface area contributed by atoms with Crippen LogP contribution in [0.25, 0.3) is 6.08 Å². The van der Waals surface area contributed by atoms with Crippen LogP contribution in [0.3, 0.4) is 0 Å². The van der Waals surface area contributed by atoms with Gasteiger partial charge in [0.05, 0.1) is 5.57 Å². The molecule has 0 aromatic heterocycles. The number of ether oxygens (including phenoxy) is 1. The fourth-order valence-electron chi connectivity index (χ4n) is 1.90. The average Bonchev–Trinajstić information content (AvgIpc) is 2.56. The topological polar surface area (TPSA) is 46.5 Å². The van der Waals surface area contributed by atoms with Gasteiger partial charge in [0, 0.05) is 11.1 Å². The van der Waals surface area contributed by atoms with Crippen LogP contribution in [0.4, 0.5) is 0 Å². The monoisotopic (exact) mass is 254 g/mol. The highest BCUT2D eigenvalue weighted by Gasteiger charge is 2.20. The van der Waals surface area contributed by atoms with Crippen molar-refractivity contribution in [1.82, 2.24) is 0 Å². The molecule has 3 heteroatoms. The molecule has 1 N–H and O–H groups in total. The minimum atomic E-state index is -0.993. The predicted molar refractivity (Wildman–Crippen MR) is 74.7 cm³/mol. The third-order valence-electron chi connectivity index (χ3n) is 2.74. The van der Waals surface area contributed by atoms with Crippen LogP contribution in [0.5, 0.6) is 5.75 Å². The molecule has 0 saturated heterocycles. The largest absolute Gasteiger partial charge is 0.478 e. The lowest BCUT2D eigenvalue weighted by Crippen LogP contribution is -2.05. The Hall–Kier alpha value is -2.55. The van der Waals surface area contributed by atoms with E-state index in [0.29, 0.717) is 17.1 Å². The second kappa shape index (κ2) is 5.40. The number of carboxylic acids is 1. The summed E-state index contributed by atoms with van der Waals surface area (Å²) in [6.45, 7) is 5.51. The molecule has 1 aromatic rings. The molecule has 0 unspecified atom stereocenters. The maximum Gasteiger partial charge on any atom is 0.336 e. The molecule has 96 valence electrons. The van der Waals surface area contributed by atoms with Crippen LogP contribution < -0.4 is 4.74 Å². The third kappa shape index (κ3) is 2.50. The van der Waals surface area contributed by atoms with E-state index < -0.39 is 5.97 Å². The van der Waals surface area contributed by atoms with Crippen molar-refractivity contribution in [1.29, 1.82) is 0 Å². The Morgan fingerprint density at radius 3 is 2.74 bits per heavy atom. The zero-order chi connectivity index (χ0) is 13.8. The van der Waals surface area contributed by atoms with E-state index in [1.54, 1.807) is 24.3 Å². The highest BCUT2D eigenvalue weighted by molar-refractivity contribution is 5.99. The first-order chi connectivity index (χ1) is 9.17. The van der Waals surface area contributed by atoms with E-state index in [9.17, 15) is 9.90 Å². The lowest BCUT2D eigenvalue weighted by molar-refractivity contribution is -0.132. The fourth-order valence-corrected chi connectivity index (χ4v) is 1.90. The number of hydrogen-bond donors (Lipinski definition) is 1. The van der Waals surface area contributed by atoms with E-state index in [-0.39, 0.29) is 5.57 Å². The maximum atomic E-state index is 11.4. The standard InChI is InChI=1S/C16H14O3/c1-3-7-12-13(16(17)18)10-11-8-5-6-9-15(11)19-14(12)4-2/h3-10H,2H2,1H3,(H,17,18). The molecular weight excluding hydrogens is 240 g/mol. The second-order valence-corrected chi connectivity index (χ2v) is 3.99. The Morgan fingerprint density at radius 2 is 2.11 bits per heavy atom. The quantitative estimate of drug-likeness (QED) is 0.897. The summed E-state index contributed by atoms with van der Waals surface area (Å²) in [6, 6.07) is 7.30. The Bertz CT molecular complexity index is 619. The molecule has 1 aliphatic heterocycles. The minimum absolute atomic E-state index is 0.193. The molecule has 0 amide bonds. The van der Waals surface area contributed by atoms with Crippen molar-refractivity contribution < 1.29 is 14.6 Å². The first-order valence-corrected chi connectivity index (χ1v) is 5.89. The molecule has 19 heavy (non-hydrogen) atoms. The van der Waals surface area contributed by atoms with Crippen molar-refractivity contribution in [3.8, 4) is 5.75 Å². The number of aliphatic carboxylic acids is 1. The van der Waals surface area contributed by atoms with Crippen molar-refractivity contribution in [3.05, 3.63) is 71.5 Å². The number of rotatable bonds is 3. The fraction of sp³-hybridized carbons (Fsp3) is 0.0625. The summed E-state index contributed by atoms with van der Waals surface area (Å²) in [5.41, 5.74) is 1.44. The lowest BCUT2D eigenvalue weighted by atomic mass is 10.0. The van der Waals surface area contributed by atoms with Crippen molar-refractivity contribution in [2.24, 2.45) is 0 Å². The van der Waals surface area contributed by atoms with Crippen molar-refractivity contribution in [2.45, 2.75) is 6.92 Å². The van der Waals surface area contributed by atoms with Gasteiger partial charge in [0.2, 0.25) is 0 Å². The zero-order valence-electron chi connectivity index (χ0n) is 10.6. The van der Waals surface area contributed by atoms with E-state index in [2.05, 4.69) is 6.58 Å². The van der Waals surface area contributed by atoms with Crippen molar-refractivity contribution in [3.63, 3.8) is 0 Å². The Labute approximate surface area is 111 Å². The summed E-state index contributed by atoms with van der Waals surface area (Å²) < 4.78 is 5.75. The van der Waals surface area contributed by atoms with E-state index in [0.717, 1.165) is 5.56 Å². The number of fused-ring (bicyclic) bond motifs is 1. The van der Waals surface area contributed by atoms with Gasteiger partial charge in [-0.15, -0.1) is 0 Å². The Balaban J connectivity index is 2.71. The predicted octanol–water partition coefficient (Wildman–Crippen LogP) is 3.56. The molecule has 0 bridgehead atoms. The normalized spacial score (nSPS) is 14.5. The molecule has 1 aliphatic rings. The first kappa shape index (κ1) is 12.9. The highest BCUT2D eigenvalue weighted by Crippen LogP contribution is 2.31. The molecule has 0 aliphatic carbocycles. The van der Waals surface area contributed by atoms with Crippen molar-refractivity contribution in [2.75, 3.05) is 0 Å². The van der Waals surface area contributed by atoms with Crippen LogP contribution >= 0.6 is 0 Å². The molecule has 0 radical (unpaired) electrons. The molecule has 3 nitrogen and oxygen atoms in total. The van der Waals surface area contributed by atoms with Gasteiger partial charge >= 0.3 is 5.97 Å². The molecule has 0 spiro atoms. The minimum Gasteiger partial charge on any atom is -0.478 e. The van der Waals surface area contributed by atoms with Gasteiger partial charge in [0.15, 0.2) is 0 Å². The van der Waals surface area contributed by atoms with Gasteiger partial charge < -0.3 is 9.84 Å². The van der Waals surface area contributed by atoms with Crippen LogP contribution in [-0.4, -0.2) is 11.1 Å². The number of hydrogen-bond acceptors (Lipinski definition) is 2. The molecule has 0 atom stereocenters. The first-order valence-electron chi connectivity index (χ1n) is 5.89. The molecule has 0 fully saturated rings. The average molecular weight is 254 g/mol. The number of allylic oxidation sites excluding steroid dienone is 3. The number of para-hydroxylation sites is 1. The van der Waals surface area contributed by atoms with Gasteiger partial charge in [-0.25, -0.2) is 4.79 Å². The van der Waals surface area contributed by atoms with E-state index in [1.165, 1.54) is 6.08 Å². The van der Waals surface area contributed by atoms with Gasteiger partial charge in [-0.3, -0.25) is 0 Å². The smallest absolute Gasteiger partial charge is 0.336 e. The summed E-state index contributed by atoms with van der Waals surface area (Å²) in [4.78, 5) is 11.4. The van der Waals surface area contributed by atoms with Crippen LogP contribution in [0, 0.1) is 0 Å². The molecule has 1 heterocycles. The number of benzene rings is 1. The summed E-state index contributed by atoms with van der Waals surface area (Å²) in [5.74, 6) is 0.0695. The van der Waals surface area contributed by atoms with E-state index >= 15 is 0 Å². The summed E-state index contributed by atoms with van der Waals surface area (Å²) in [7, 11) is 0. The van der Waals surface area contributed by atoms with E-state index in [1.807, 2.05) is 25.1 Å². The van der Waals surface area contributed by atoms with Gasteiger partial charge in [-0.1, -0.05) is 36.9 Å². The van der Waals surface area contributed by atoms with Crippen LogP contribution in [0.1, 0.15) is 12.5 Å². The Morgan fingerprint density at radius 1 is 1.37 bits per heavy atom. The molecule has 2 rings (SSSR count). The summed E-state index contributed by atoms with van der Waals surface area (Å²) >= 11 is 0. The summed E-state index contributed by atoms with van der Waals surface area (Å²) in [5, 5.41) is 9.37. The Kier molecular flexibility index (Phi) is 3.66. The molecular formula is C16H14O3. The molecule has 1 aromatic carbocycles. The number of carboxylic acid groups (broad SMARTS) is 1. The van der Waals surface area contributed by atoms with Crippen molar-refractivity contribution >= 4 is 12.0 Å². The van der Waals surface area contributed by atoms with Crippen LogP contribution in [0.15, 0.2) is 66.0 Å². The van der Waals surface area contributed by atoms with Gasteiger partial charge in [0.1, 0.15) is 11.5 Å². The van der Waals surface area contributed by atoms with Crippen LogP contribution in [-0.2, 0) is 4.79 Å². The summed E-state index contributed by atoms with van der Waals surface area (Å²) in [6.07, 6.45) is 6.62. The maximum absolute atomic E-state index is 11.4. The van der Waals surface area contributed by atoms with E-state index in [4.69, 9.17) is 4.74 Å².